The molecule has 3 aromatic rings. The predicted molar refractivity (Wildman–Crippen MR) is 140 cm³/mol. The molecule has 0 saturated heterocycles. The van der Waals surface area contributed by atoms with Crippen LogP contribution in [0, 0.1) is 46.6 Å². The van der Waals surface area contributed by atoms with Gasteiger partial charge >= 0.3 is 5.69 Å². The molecular weight excluding hydrogens is 470 g/mol. The van der Waals surface area contributed by atoms with Crippen molar-refractivity contribution < 1.29 is 14.5 Å². The molecule has 1 N–H and O–H groups in total. The molecule has 3 aromatic carbocycles. The number of carbonyl (C=O) groups excluding carboxylic acids is 2. The largest absolute Gasteiger partial charge is 0.321 e. The summed E-state index contributed by atoms with van der Waals surface area (Å²) in [5.41, 5.74) is 2.70. The monoisotopic (exact) mass is 495 g/mol. The Hall–Kier alpha value is -5.02. The molecule has 0 fully saturated rings. The maximum absolute atomic E-state index is 13.3. The minimum atomic E-state index is -0.706. The van der Waals surface area contributed by atoms with Crippen LogP contribution < -0.4 is 10.2 Å². The first-order valence-electron chi connectivity index (χ1n) is 11.4. The highest BCUT2D eigenvalue weighted by molar-refractivity contribution is 6.12. The lowest BCUT2D eigenvalue weighted by atomic mass is 9.96. The molecule has 9 heteroatoms. The summed E-state index contributed by atoms with van der Waals surface area (Å²) in [6.07, 6.45) is 0. The quantitative estimate of drug-likeness (QED) is 0.348. The normalized spacial score (nSPS) is 10.4. The molecule has 186 valence electrons. The number of hydrogen-bond donors (Lipinski definition) is 1. The van der Waals surface area contributed by atoms with Gasteiger partial charge in [0.15, 0.2) is 0 Å². The molecule has 0 bridgehead atoms. The second-order valence-electron chi connectivity index (χ2n) is 8.96. The van der Waals surface area contributed by atoms with E-state index in [4.69, 9.17) is 0 Å². The molecule has 2 amide bonds. The minimum absolute atomic E-state index is 0.0127. The van der Waals surface area contributed by atoms with E-state index in [0.717, 1.165) is 21.6 Å². The lowest BCUT2D eigenvalue weighted by molar-refractivity contribution is -0.384. The SMILES string of the molecule is Cc1cc(C(C)C)cc(C)c1NC(=O)c1cccc(N(C)C(=O)c2cc(C#N)cc(C#N)c2)c1[N+](=O)[O-]. The lowest BCUT2D eigenvalue weighted by Crippen LogP contribution is -2.28. The highest BCUT2D eigenvalue weighted by Crippen LogP contribution is 2.34. The van der Waals surface area contributed by atoms with Gasteiger partial charge in [0.2, 0.25) is 0 Å². The summed E-state index contributed by atoms with van der Waals surface area (Å²) in [6.45, 7) is 7.85. The second-order valence-corrected chi connectivity index (χ2v) is 8.96. The van der Waals surface area contributed by atoms with Gasteiger partial charge < -0.3 is 10.2 Å². The molecule has 37 heavy (non-hydrogen) atoms. The fraction of sp³-hybridized carbons (Fsp3) is 0.214. The Morgan fingerprint density at radius 2 is 1.57 bits per heavy atom. The number of nitro benzene ring substituents is 1. The van der Waals surface area contributed by atoms with Crippen LogP contribution in [0.1, 0.15) is 68.3 Å². The van der Waals surface area contributed by atoms with E-state index in [1.165, 1.54) is 43.4 Å². The number of carbonyl (C=O) groups is 2. The van der Waals surface area contributed by atoms with Gasteiger partial charge in [-0.05, 0) is 66.8 Å². The average molecular weight is 496 g/mol. The zero-order valence-electron chi connectivity index (χ0n) is 21.1. The van der Waals surface area contributed by atoms with E-state index in [0.29, 0.717) is 11.6 Å². The van der Waals surface area contributed by atoms with Crippen LogP contribution in [0.25, 0.3) is 0 Å². The summed E-state index contributed by atoms with van der Waals surface area (Å²) < 4.78 is 0. The van der Waals surface area contributed by atoms with Crippen molar-refractivity contribution in [2.75, 3.05) is 17.3 Å². The number of benzene rings is 3. The van der Waals surface area contributed by atoms with E-state index in [-0.39, 0.29) is 27.9 Å². The van der Waals surface area contributed by atoms with Gasteiger partial charge in [-0.1, -0.05) is 32.0 Å². The number of rotatable bonds is 6. The maximum atomic E-state index is 13.3. The van der Waals surface area contributed by atoms with Crippen molar-refractivity contribution in [3.8, 4) is 12.1 Å². The Morgan fingerprint density at radius 1 is 1.00 bits per heavy atom. The van der Waals surface area contributed by atoms with E-state index >= 15 is 0 Å². The molecule has 0 spiro atoms. The van der Waals surface area contributed by atoms with Gasteiger partial charge in [-0.2, -0.15) is 10.5 Å². The molecule has 0 saturated carbocycles. The molecule has 0 radical (unpaired) electrons. The van der Waals surface area contributed by atoms with Crippen molar-refractivity contribution in [3.63, 3.8) is 0 Å². The van der Waals surface area contributed by atoms with Crippen molar-refractivity contribution in [2.24, 2.45) is 0 Å². The molecule has 0 aliphatic heterocycles. The van der Waals surface area contributed by atoms with E-state index in [1.807, 2.05) is 38.1 Å². The summed E-state index contributed by atoms with van der Waals surface area (Å²) in [5, 5.41) is 33.3. The number of nitrogens with zero attached hydrogens (tertiary/aromatic N) is 4. The average Bonchev–Trinajstić information content (AvgIpc) is 2.88. The predicted octanol–water partition coefficient (Wildman–Crippen LogP) is 5.61. The highest BCUT2D eigenvalue weighted by Gasteiger charge is 2.29. The molecule has 9 nitrogen and oxygen atoms in total. The first kappa shape index (κ1) is 26.6. The van der Waals surface area contributed by atoms with E-state index < -0.39 is 22.4 Å². The van der Waals surface area contributed by atoms with Gasteiger partial charge in [0.1, 0.15) is 11.3 Å². The molecule has 0 unspecified atom stereocenters. The van der Waals surface area contributed by atoms with Crippen LogP contribution in [0.3, 0.4) is 0 Å². The lowest BCUT2D eigenvalue weighted by Gasteiger charge is -2.19. The number of hydrogen-bond acceptors (Lipinski definition) is 6. The van der Waals surface area contributed by atoms with Crippen molar-refractivity contribution in [1.82, 2.24) is 0 Å². The zero-order valence-corrected chi connectivity index (χ0v) is 21.1. The van der Waals surface area contributed by atoms with Crippen LogP contribution in [-0.4, -0.2) is 23.8 Å². The topological polar surface area (TPSA) is 140 Å². The Labute approximate surface area is 214 Å². The number of nitro groups is 1. The van der Waals surface area contributed by atoms with Crippen LogP contribution in [-0.2, 0) is 0 Å². The third kappa shape index (κ3) is 5.47. The zero-order chi connectivity index (χ0) is 27.4. The first-order valence-corrected chi connectivity index (χ1v) is 11.4. The highest BCUT2D eigenvalue weighted by atomic mass is 16.6. The van der Waals surface area contributed by atoms with Gasteiger partial charge in [-0.3, -0.25) is 19.7 Å². The molecule has 3 rings (SSSR count). The summed E-state index contributed by atoms with van der Waals surface area (Å²) >= 11 is 0. The van der Waals surface area contributed by atoms with Gasteiger partial charge in [-0.15, -0.1) is 0 Å². The van der Waals surface area contributed by atoms with Crippen LogP contribution in [0.2, 0.25) is 0 Å². The van der Waals surface area contributed by atoms with Gasteiger partial charge in [0, 0.05) is 18.3 Å². The Kier molecular flexibility index (Phi) is 7.70. The fourth-order valence-electron chi connectivity index (χ4n) is 4.07. The van der Waals surface area contributed by atoms with Crippen LogP contribution in [0.15, 0.2) is 48.5 Å². The van der Waals surface area contributed by atoms with Gasteiger partial charge in [0.05, 0.1) is 28.2 Å². The second kappa shape index (κ2) is 10.7. The van der Waals surface area contributed by atoms with Gasteiger partial charge in [-0.25, -0.2) is 0 Å². The Bertz CT molecular complexity index is 1460. The van der Waals surface area contributed by atoms with Crippen molar-refractivity contribution in [2.45, 2.75) is 33.6 Å². The van der Waals surface area contributed by atoms with Crippen molar-refractivity contribution in [3.05, 3.63) is 97.6 Å². The fourth-order valence-corrected chi connectivity index (χ4v) is 4.07. The van der Waals surface area contributed by atoms with Crippen LogP contribution >= 0.6 is 0 Å². The third-order valence-electron chi connectivity index (χ3n) is 6.01. The molecule has 0 aliphatic rings. The standard InChI is InChI=1S/C28H25N5O4/c1-16(2)21-9-17(3)25(18(4)10-21)31-27(34)23-7-6-8-24(26(23)33(36)37)32(5)28(35)22-12-19(14-29)11-20(13-22)15-30/h6-13,16H,1-5H3,(H,31,34). The third-order valence-corrected chi connectivity index (χ3v) is 6.01. The maximum Gasteiger partial charge on any atom is 0.305 e. The molecule has 0 heterocycles. The Balaban J connectivity index is 2.04. The summed E-state index contributed by atoms with van der Waals surface area (Å²) in [4.78, 5) is 38.9. The van der Waals surface area contributed by atoms with E-state index in [9.17, 15) is 30.2 Å². The summed E-state index contributed by atoms with van der Waals surface area (Å²) in [6, 6.07) is 15.8. The molecule has 0 aromatic heterocycles. The van der Waals surface area contributed by atoms with Crippen LogP contribution in [0.4, 0.5) is 17.1 Å². The number of para-hydroxylation sites is 1. The number of aryl methyl sites for hydroxylation is 2. The summed E-state index contributed by atoms with van der Waals surface area (Å²) in [7, 11) is 1.33. The first-order chi connectivity index (χ1) is 17.5. The molecular formula is C28H25N5O4. The Morgan fingerprint density at radius 3 is 2.05 bits per heavy atom. The van der Waals surface area contributed by atoms with Crippen molar-refractivity contribution in [1.29, 1.82) is 10.5 Å². The minimum Gasteiger partial charge on any atom is -0.321 e. The summed E-state index contributed by atoms with van der Waals surface area (Å²) in [5.74, 6) is -1.06. The van der Waals surface area contributed by atoms with E-state index in [2.05, 4.69) is 19.2 Å². The number of anilines is 2. The van der Waals surface area contributed by atoms with Crippen molar-refractivity contribution >= 4 is 28.9 Å². The van der Waals surface area contributed by atoms with E-state index in [1.54, 1.807) is 0 Å². The molecule has 0 atom stereocenters. The van der Waals surface area contributed by atoms with Crippen LogP contribution in [0.5, 0.6) is 0 Å². The number of nitrogens with one attached hydrogen (secondary N) is 1. The smallest absolute Gasteiger partial charge is 0.305 e. The number of amides is 2. The van der Waals surface area contributed by atoms with Gasteiger partial charge in [0.25, 0.3) is 11.8 Å². The number of nitriles is 2. The molecule has 0 aliphatic carbocycles.